The van der Waals surface area contributed by atoms with Crippen LogP contribution in [0.4, 0.5) is 0 Å². The summed E-state index contributed by atoms with van der Waals surface area (Å²) in [7, 11) is 1.60. The van der Waals surface area contributed by atoms with E-state index < -0.39 is 6.04 Å². The molecule has 0 fully saturated rings. The Bertz CT molecular complexity index is 1720. The molecule has 208 valence electrons. The lowest BCUT2D eigenvalue weighted by Gasteiger charge is -2.31. The number of methoxy groups -OCH3 is 1. The van der Waals surface area contributed by atoms with Crippen molar-refractivity contribution in [3.05, 3.63) is 136 Å². The summed E-state index contributed by atoms with van der Waals surface area (Å²) in [5.74, 6) is 1.03. The summed E-state index contributed by atoms with van der Waals surface area (Å²) < 4.78 is 6.95. The van der Waals surface area contributed by atoms with Gasteiger partial charge in [-0.1, -0.05) is 75.4 Å². The Morgan fingerprint density at radius 3 is 2.15 bits per heavy atom. The van der Waals surface area contributed by atoms with Crippen LogP contribution in [0.2, 0.25) is 0 Å². The van der Waals surface area contributed by atoms with E-state index in [9.17, 15) is 9.59 Å². The predicted molar refractivity (Wildman–Crippen MR) is 164 cm³/mol. The Morgan fingerprint density at radius 2 is 1.51 bits per heavy atom. The van der Waals surface area contributed by atoms with Crippen molar-refractivity contribution in [2.45, 2.75) is 45.7 Å². The first-order chi connectivity index (χ1) is 19.7. The van der Waals surface area contributed by atoms with Crippen molar-refractivity contribution in [2.75, 3.05) is 7.11 Å². The quantitative estimate of drug-likeness (QED) is 0.219. The third kappa shape index (κ3) is 5.78. The summed E-state index contributed by atoms with van der Waals surface area (Å²) in [4.78, 5) is 34.9. The van der Waals surface area contributed by atoms with Crippen molar-refractivity contribution in [3.8, 4) is 11.4 Å². The van der Waals surface area contributed by atoms with Crippen molar-refractivity contribution in [1.29, 1.82) is 0 Å². The Hall–Kier alpha value is -4.71. The van der Waals surface area contributed by atoms with Crippen LogP contribution in [0.15, 0.2) is 108 Å². The fourth-order valence-electron chi connectivity index (χ4n) is 4.99. The fourth-order valence-corrected chi connectivity index (χ4v) is 4.99. The summed E-state index contributed by atoms with van der Waals surface area (Å²) >= 11 is 0. The van der Waals surface area contributed by atoms with E-state index >= 15 is 0 Å². The van der Waals surface area contributed by atoms with Crippen molar-refractivity contribution in [1.82, 2.24) is 14.5 Å². The SMILES string of the molecule is COc1ccc(-n2c(C(C)N(Cc3ccccc3)C(=O)c3ccc(C(C)(C)C)cc3)nc3ccccc3c2=O)cc1. The monoisotopic (exact) mass is 545 g/mol. The molecular weight excluding hydrogens is 510 g/mol. The second-order valence-corrected chi connectivity index (χ2v) is 11.2. The normalized spacial score (nSPS) is 12.2. The van der Waals surface area contributed by atoms with E-state index in [4.69, 9.17) is 9.72 Å². The van der Waals surface area contributed by atoms with Crippen LogP contribution in [-0.2, 0) is 12.0 Å². The summed E-state index contributed by atoms with van der Waals surface area (Å²) in [6.45, 7) is 8.74. The molecule has 0 aliphatic rings. The Labute approximate surface area is 240 Å². The largest absolute Gasteiger partial charge is 0.497 e. The van der Waals surface area contributed by atoms with Gasteiger partial charge in [-0.2, -0.15) is 0 Å². The summed E-state index contributed by atoms with van der Waals surface area (Å²) in [5.41, 5.74) is 3.74. The van der Waals surface area contributed by atoms with Crippen LogP contribution in [0.25, 0.3) is 16.6 Å². The van der Waals surface area contributed by atoms with Crippen molar-refractivity contribution < 1.29 is 9.53 Å². The molecule has 1 atom stereocenters. The summed E-state index contributed by atoms with van der Waals surface area (Å²) in [6, 6.07) is 31.8. The van der Waals surface area contributed by atoms with Gasteiger partial charge in [-0.05, 0) is 72.0 Å². The Morgan fingerprint density at radius 1 is 0.878 bits per heavy atom. The van der Waals surface area contributed by atoms with E-state index in [1.807, 2.05) is 104 Å². The molecule has 0 aliphatic carbocycles. The Balaban J connectivity index is 1.66. The number of nitrogens with zero attached hydrogens (tertiary/aromatic N) is 3. The van der Waals surface area contributed by atoms with Crippen LogP contribution >= 0.6 is 0 Å². The van der Waals surface area contributed by atoms with Crippen LogP contribution in [0.3, 0.4) is 0 Å². The number of ether oxygens (including phenoxy) is 1. The van der Waals surface area contributed by atoms with Gasteiger partial charge in [-0.15, -0.1) is 0 Å². The maximum Gasteiger partial charge on any atom is 0.266 e. The van der Waals surface area contributed by atoms with Gasteiger partial charge in [0.15, 0.2) is 0 Å². The van der Waals surface area contributed by atoms with Gasteiger partial charge in [0.1, 0.15) is 11.6 Å². The smallest absolute Gasteiger partial charge is 0.266 e. The van der Waals surface area contributed by atoms with Gasteiger partial charge < -0.3 is 9.64 Å². The number of carbonyl (C=O) groups is 1. The highest BCUT2D eigenvalue weighted by Crippen LogP contribution is 2.28. The third-order valence-corrected chi connectivity index (χ3v) is 7.43. The number of carbonyl (C=O) groups excluding carboxylic acids is 1. The van der Waals surface area contributed by atoms with Crippen LogP contribution in [0.1, 0.15) is 61.0 Å². The third-order valence-electron chi connectivity index (χ3n) is 7.43. The maximum atomic E-state index is 14.2. The van der Waals surface area contributed by atoms with E-state index in [2.05, 4.69) is 20.8 Å². The molecule has 6 nitrogen and oxygen atoms in total. The Kier molecular flexibility index (Phi) is 7.75. The highest BCUT2D eigenvalue weighted by Gasteiger charge is 2.28. The standard InChI is InChI=1S/C35H35N3O3/c1-24(32-36-31-14-10-9-13-30(31)34(40)38(32)28-19-21-29(41-5)22-20-28)37(23-25-11-7-6-8-12-25)33(39)26-15-17-27(18-16-26)35(2,3)4/h6-22,24H,23H2,1-5H3. The van der Waals surface area contributed by atoms with E-state index in [0.29, 0.717) is 40.3 Å². The average molecular weight is 546 g/mol. The number of aromatic nitrogens is 2. The molecule has 4 aromatic carbocycles. The first-order valence-corrected chi connectivity index (χ1v) is 13.8. The molecule has 1 unspecified atom stereocenters. The first kappa shape index (κ1) is 27.8. The molecule has 41 heavy (non-hydrogen) atoms. The second-order valence-electron chi connectivity index (χ2n) is 11.2. The molecular formula is C35H35N3O3. The van der Waals surface area contributed by atoms with E-state index in [1.165, 1.54) is 0 Å². The van der Waals surface area contributed by atoms with Crippen LogP contribution in [-0.4, -0.2) is 27.5 Å². The molecule has 0 spiro atoms. The fraction of sp³-hybridized carbons (Fsp3) is 0.229. The second kappa shape index (κ2) is 11.4. The van der Waals surface area contributed by atoms with Gasteiger partial charge in [0.2, 0.25) is 0 Å². The zero-order valence-electron chi connectivity index (χ0n) is 24.2. The van der Waals surface area contributed by atoms with Gasteiger partial charge in [-0.25, -0.2) is 4.98 Å². The lowest BCUT2D eigenvalue weighted by Crippen LogP contribution is -2.37. The van der Waals surface area contributed by atoms with Crippen LogP contribution in [0.5, 0.6) is 5.75 Å². The lowest BCUT2D eigenvalue weighted by atomic mass is 9.86. The highest BCUT2D eigenvalue weighted by molar-refractivity contribution is 5.94. The summed E-state index contributed by atoms with van der Waals surface area (Å²) in [6.07, 6.45) is 0. The minimum atomic E-state index is -0.538. The molecule has 0 saturated carbocycles. The van der Waals surface area contributed by atoms with Crippen molar-refractivity contribution >= 4 is 16.8 Å². The molecule has 0 N–H and O–H groups in total. The molecule has 5 aromatic rings. The minimum Gasteiger partial charge on any atom is -0.497 e. The maximum absolute atomic E-state index is 14.2. The zero-order valence-corrected chi connectivity index (χ0v) is 24.2. The molecule has 0 bridgehead atoms. The molecule has 5 rings (SSSR count). The number of benzene rings is 4. The van der Waals surface area contributed by atoms with Gasteiger partial charge in [0, 0.05) is 12.1 Å². The molecule has 1 heterocycles. The predicted octanol–water partition coefficient (Wildman–Crippen LogP) is 7.10. The molecule has 0 saturated heterocycles. The van der Waals surface area contributed by atoms with Crippen molar-refractivity contribution in [3.63, 3.8) is 0 Å². The number of hydrogen-bond acceptors (Lipinski definition) is 4. The topological polar surface area (TPSA) is 64.4 Å². The molecule has 0 aliphatic heterocycles. The molecule has 1 amide bonds. The van der Waals surface area contributed by atoms with Gasteiger partial charge in [-0.3, -0.25) is 14.2 Å². The lowest BCUT2D eigenvalue weighted by molar-refractivity contribution is 0.0664. The van der Waals surface area contributed by atoms with E-state index in [-0.39, 0.29) is 16.9 Å². The number of rotatable bonds is 7. The van der Waals surface area contributed by atoms with Crippen LogP contribution in [0, 0.1) is 0 Å². The zero-order chi connectivity index (χ0) is 29.1. The number of amides is 1. The number of fused-ring (bicyclic) bond motifs is 1. The molecule has 1 aromatic heterocycles. The first-order valence-electron chi connectivity index (χ1n) is 13.8. The van der Waals surface area contributed by atoms with Crippen molar-refractivity contribution in [2.24, 2.45) is 0 Å². The molecule has 0 radical (unpaired) electrons. The van der Waals surface area contributed by atoms with E-state index in [0.717, 1.165) is 11.1 Å². The minimum absolute atomic E-state index is 0.0258. The summed E-state index contributed by atoms with van der Waals surface area (Å²) in [5, 5.41) is 0.512. The van der Waals surface area contributed by atoms with E-state index in [1.54, 1.807) is 22.6 Å². The molecule has 6 heteroatoms. The van der Waals surface area contributed by atoms with Gasteiger partial charge >= 0.3 is 0 Å². The number of para-hydroxylation sites is 1. The van der Waals surface area contributed by atoms with Crippen LogP contribution < -0.4 is 10.3 Å². The van der Waals surface area contributed by atoms with Gasteiger partial charge in [0.05, 0.1) is 29.7 Å². The highest BCUT2D eigenvalue weighted by atomic mass is 16.5. The van der Waals surface area contributed by atoms with Gasteiger partial charge in [0.25, 0.3) is 11.5 Å². The number of hydrogen-bond donors (Lipinski definition) is 0. The average Bonchev–Trinajstić information content (AvgIpc) is 2.99.